The van der Waals surface area contributed by atoms with E-state index in [1.54, 1.807) is 36.4 Å². The van der Waals surface area contributed by atoms with Gasteiger partial charge in [0, 0.05) is 22.8 Å². The molecule has 0 fully saturated rings. The zero-order valence-corrected chi connectivity index (χ0v) is 13.0. The molecule has 0 aliphatic carbocycles. The average Bonchev–Trinajstić information content (AvgIpc) is 2.55. The van der Waals surface area contributed by atoms with Gasteiger partial charge in [-0.05, 0) is 54.4 Å². The molecule has 0 aromatic heterocycles. The fourth-order valence-corrected chi connectivity index (χ4v) is 2.45. The van der Waals surface area contributed by atoms with E-state index < -0.39 is 0 Å². The molecule has 0 spiro atoms. The molecular weight excluding hydrogens is 316 g/mol. The number of halogens is 1. The largest absolute Gasteiger partial charge is 0.484 e. The van der Waals surface area contributed by atoms with Crippen molar-refractivity contribution < 1.29 is 14.3 Å². The Morgan fingerprint density at radius 1 is 1.17 bits per heavy atom. The van der Waals surface area contributed by atoms with Crippen LogP contribution in [0.3, 0.4) is 0 Å². The monoisotopic (exact) mass is 330 g/mol. The average molecular weight is 331 g/mol. The van der Waals surface area contributed by atoms with Gasteiger partial charge in [-0.25, -0.2) is 0 Å². The molecule has 5 nitrogen and oxygen atoms in total. The van der Waals surface area contributed by atoms with Gasteiger partial charge in [0.15, 0.2) is 6.61 Å². The van der Waals surface area contributed by atoms with E-state index in [4.69, 9.17) is 16.3 Å². The quantitative estimate of drug-likeness (QED) is 0.904. The zero-order chi connectivity index (χ0) is 16.2. The molecule has 2 aromatic carbocycles. The molecule has 1 aliphatic rings. The first-order valence-electron chi connectivity index (χ1n) is 7.21. The summed E-state index contributed by atoms with van der Waals surface area (Å²) in [6.07, 6.45) is 1.14. The van der Waals surface area contributed by atoms with Crippen LogP contribution in [-0.2, 0) is 16.0 Å². The number of aryl methyl sites for hydroxylation is 1. The van der Waals surface area contributed by atoms with E-state index >= 15 is 0 Å². The lowest BCUT2D eigenvalue weighted by atomic mass is 10.0. The molecule has 1 aliphatic heterocycles. The van der Waals surface area contributed by atoms with Crippen molar-refractivity contribution in [1.82, 2.24) is 0 Å². The summed E-state index contributed by atoms with van der Waals surface area (Å²) in [6, 6.07) is 12.2. The second kappa shape index (κ2) is 6.71. The Kier molecular flexibility index (Phi) is 4.48. The number of nitrogens with one attached hydrogen (secondary N) is 2. The summed E-state index contributed by atoms with van der Waals surface area (Å²) in [5, 5.41) is 6.14. The van der Waals surface area contributed by atoms with Crippen molar-refractivity contribution in [1.29, 1.82) is 0 Å². The Labute approximate surface area is 138 Å². The Bertz CT molecular complexity index is 744. The predicted octanol–water partition coefficient (Wildman–Crippen LogP) is 3.24. The Hall–Kier alpha value is -2.53. The summed E-state index contributed by atoms with van der Waals surface area (Å²) in [6.45, 7) is -0.0895. The predicted molar refractivity (Wildman–Crippen MR) is 89.0 cm³/mol. The third-order valence-corrected chi connectivity index (χ3v) is 3.72. The zero-order valence-electron chi connectivity index (χ0n) is 12.3. The molecule has 2 N–H and O–H groups in total. The van der Waals surface area contributed by atoms with Gasteiger partial charge in [-0.15, -0.1) is 0 Å². The van der Waals surface area contributed by atoms with Gasteiger partial charge in [-0.3, -0.25) is 9.59 Å². The maximum atomic E-state index is 11.9. The van der Waals surface area contributed by atoms with Crippen LogP contribution in [0.2, 0.25) is 5.02 Å². The van der Waals surface area contributed by atoms with E-state index in [0.29, 0.717) is 29.3 Å². The summed E-state index contributed by atoms with van der Waals surface area (Å²) in [7, 11) is 0. The highest BCUT2D eigenvalue weighted by atomic mass is 35.5. The molecule has 0 bridgehead atoms. The van der Waals surface area contributed by atoms with Crippen LogP contribution in [0.15, 0.2) is 42.5 Å². The van der Waals surface area contributed by atoms with Gasteiger partial charge in [0.1, 0.15) is 5.75 Å². The van der Waals surface area contributed by atoms with E-state index in [1.165, 1.54) is 0 Å². The van der Waals surface area contributed by atoms with Crippen LogP contribution < -0.4 is 15.4 Å². The molecule has 2 amide bonds. The van der Waals surface area contributed by atoms with Crippen LogP contribution in [0.25, 0.3) is 0 Å². The van der Waals surface area contributed by atoms with Gasteiger partial charge >= 0.3 is 0 Å². The van der Waals surface area contributed by atoms with Crippen LogP contribution in [0, 0.1) is 0 Å². The first kappa shape index (κ1) is 15.4. The highest BCUT2D eigenvalue weighted by molar-refractivity contribution is 6.30. The lowest BCUT2D eigenvalue weighted by molar-refractivity contribution is -0.118. The minimum absolute atomic E-state index is 0.0218. The second-order valence-corrected chi connectivity index (χ2v) is 5.65. The fraction of sp³-hybridized carbons (Fsp3) is 0.176. The normalized spacial score (nSPS) is 13.0. The van der Waals surface area contributed by atoms with Crippen LogP contribution in [-0.4, -0.2) is 18.4 Å². The third-order valence-electron chi connectivity index (χ3n) is 3.47. The van der Waals surface area contributed by atoms with E-state index in [1.807, 2.05) is 6.07 Å². The first-order chi connectivity index (χ1) is 11.1. The van der Waals surface area contributed by atoms with Crippen molar-refractivity contribution in [3.8, 4) is 5.75 Å². The van der Waals surface area contributed by atoms with Gasteiger partial charge in [0.2, 0.25) is 5.91 Å². The van der Waals surface area contributed by atoms with Crippen LogP contribution >= 0.6 is 11.6 Å². The molecule has 23 heavy (non-hydrogen) atoms. The lowest BCUT2D eigenvalue weighted by Crippen LogP contribution is -2.21. The Balaban J connectivity index is 1.56. The summed E-state index contributed by atoms with van der Waals surface area (Å²) in [5.74, 6) is 0.373. The number of carbonyl (C=O) groups excluding carboxylic acids is 2. The summed E-state index contributed by atoms with van der Waals surface area (Å²) in [5.41, 5.74) is 2.48. The number of rotatable bonds is 4. The van der Waals surface area contributed by atoms with E-state index in [9.17, 15) is 9.59 Å². The van der Waals surface area contributed by atoms with Crippen LogP contribution in [0.5, 0.6) is 5.75 Å². The molecule has 0 unspecified atom stereocenters. The number of benzene rings is 2. The number of fused-ring (bicyclic) bond motifs is 1. The number of ether oxygens (including phenoxy) is 1. The van der Waals surface area contributed by atoms with Gasteiger partial charge in [-0.2, -0.15) is 0 Å². The summed E-state index contributed by atoms with van der Waals surface area (Å²) < 4.78 is 5.51. The van der Waals surface area contributed by atoms with E-state index in [-0.39, 0.29) is 18.4 Å². The fourth-order valence-electron chi connectivity index (χ4n) is 2.33. The number of carbonyl (C=O) groups is 2. The minimum Gasteiger partial charge on any atom is -0.484 e. The molecule has 0 radical (unpaired) electrons. The van der Waals surface area contributed by atoms with Gasteiger partial charge in [-0.1, -0.05) is 11.6 Å². The van der Waals surface area contributed by atoms with Crippen molar-refractivity contribution in [2.24, 2.45) is 0 Å². The second-order valence-electron chi connectivity index (χ2n) is 5.21. The molecular formula is C17H15ClN2O3. The lowest BCUT2D eigenvalue weighted by Gasteiger charge is -2.17. The topological polar surface area (TPSA) is 67.4 Å². The molecule has 3 rings (SSSR count). The Morgan fingerprint density at radius 2 is 1.96 bits per heavy atom. The molecule has 118 valence electrons. The maximum absolute atomic E-state index is 11.9. The Morgan fingerprint density at radius 3 is 2.74 bits per heavy atom. The highest BCUT2D eigenvalue weighted by Gasteiger charge is 2.15. The number of hydrogen-bond donors (Lipinski definition) is 2. The van der Waals surface area contributed by atoms with E-state index in [2.05, 4.69) is 10.6 Å². The molecule has 6 heteroatoms. The SMILES string of the molecule is O=C(COc1ccc2c(c1)CCC(=O)N2)Nc1ccc(Cl)cc1. The highest BCUT2D eigenvalue weighted by Crippen LogP contribution is 2.26. The van der Waals surface area contributed by atoms with E-state index in [0.717, 1.165) is 11.3 Å². The van der Waals surface area contributed by atoms with Crippen molar-refractivity contribution in [2.75, 3.05) is 17.2 Å². The summed E-state index contributed by atoms with van der Waals surface area (Å²) in [4.78, 5) is 23.2. The molecule has 0 saturated heterocycles. The standard InChI is InChI=1S/C17H15ClN2O3/c18-12-2-4-13(5-3-12)19-17(22)10-23-14-6-7-15-11(9-14)1-8-16(21)20-15/h2-7,9H,1,8,10H2,(H,19,22)(H,20,21). The van der Waals surface area contributed by atoms with Crippen LogP contribution in [0.1, 0.15) is 12.0 Å². The number of amides is 2. The molecule has 1 heterocycles. The third kappa shape index (κ3) is 4.02. The summed E-state index contributed by atoms with van der Waals surface area (Å²) >= 11 is 5.79. The van der Waals surface area contributed by atoms with Crippen molar-refractivity contribution in [3.05, 3.63) is 53.1 Å². The molecule has 2 aromatic rings. The van der Waals surface area contributed by atoms with Crippen molar-refractivity contribution in [3.63, 3.8) is 0 Å². The number of hydrogen-bond acceptors (Lipinski definition) is 3. The van der Waals surface area contributed by atoms with Gasteiger partial charge < -0.3 is 15.4 Å². The van der Waals surface area contributed by atoms with Crippen LogP contribution in [0.4, 0.5) is 11.4 Å². The molecule has 0 atom stereocenters. The minimum atomic E-state index is -0.252. The van der Waals surface area contributed by atoms with Gasteiger partial charge in [0.25, 0.3) is 5.91 Å². The van der Waals surface area contributed by atoms with Crippen molar-refractivity contribution >= 4 is 34.8 Å². The first-order valence-corrected chi connectivity index (χ1v) is 7.59. The van der Waals surface area contributed by atoms with Crippen molar-refractivity contribution in [2.45, 2.75) is 12.8 Å². The van der Waals surface area contributed by atoms with Gasteiger partial charge in [0.05, 0.1) is 0 Å². The maximum Gasteiger partial charge on any atom is 0.262 e. The molecule has 0 saturated carbocycles. The number of anilines is 2. The smallest absolute Gasteiger partial charge is 0.262 e.